The summed E-state index contributed by atoms with van der Waals surface area (Å²) in [6.07, 6.45) is 4.95. The maximum absolute atomic E-state index is 13.4. The van der Waals surface area contributed by atoms with Gasteiger partial charge >= 0.3 is 0 Å². The van der Waals surface area contributed by atoms with Crippen molar-refractivity contribution in [2.75, 3.05) is 6.54 Å². The van der Waals surface area contributed by atoms with Crippen LogP contribution in [-0.2, 0) is 10.0 Å². The second-order valence-electron chi connectivity index (χ2n) is 4.77. The van der Waals surface area contributed by atoms with Gasteiger partial charge in [-0.2, -0.15) is 0 Å². The van der Waals surface area contributed by atoms with Gasteiger partial charge in [-0.1, -0.05) is 6.42 Å². The third-order valence-corrected chi connectivity index (χ3v) is 5.01. The molecular weight excluding hydrogens is 291 g/mol. The highest BCUT2D eigenvalue weighted by atomic mass is 35.5. The summed E-state index contributed by atoms with van der Waals surface area (Å²) in [6, 6.07) is 2.44. The Labute approximate surface area is 117 Å². The Kier molecular flexibility index (Phi) is 4.76. The first-order valence-corrected chi connectivity index (χ1v) is 8.15. The van der Waals surface area contributed by atoms with E-state index < -0.39 is 20.9 Å². The fourth-order valence-electron chi connectivity index (χ4n) is 2.28. The molecule has 106 valence electrons. The van der Waals surface area contributed by atoms with Gasteiger partial charge in [0.25, 0.3) is 10.0 Å². The minimum absolute atomic E-state index is 0.106. The first-order chi connectivity index (χ1) is 8.99. The van der Waals surface area contributed by atoms with Crippen molar-refractivity contribution >= 4 is 21.6 Å². The highest BCUT2D eigenvalue weighted by Gasteiger charge is 2.24. The summed E-state index contributed by atoms with van der Waals surface area (Å²) in [6.45, 7) is 0.279. The number of pyridine rings is 1. The highest BCUT2D eigenvalue weighted by Crippen LogP contribution is 2.27. The monoisotopic (exact) mass is 306 g/mol. The van der Waals surface area contributed by atoms with Crippen molar-refractivity contribution in [1.29, 1.82) is 0 Å². The van der Waals surface area contributed by atoms with Crippen LogP contribution in [0.5, 0.6) is 0 Å². The quantitative estimate of drug-likeness (QED) is 0.868. The number of hydrogen-bond donors (Lipinski definition) is 1. The molecule has 1 N–H and O–H groups in total. The number of halogens is 2. The van der Waals surface area contributed by atoms with Crippen LogP contribution in [0, 0.1) is 11.7 Å². The lowest BCUT2D eigenvalue weighted by molar-refractivity contribution is 0.361. The standard InChI is InChI=1S/C12H16ClFN2O2S/c13-10-4-1-3-9(7-10)8-16-19(17,18)12-11(14)5-2-6-15-12/h2,5-6,9-10,16H,1,3-4,7-8H2. The Morgan fingerprint density at radius 1 is 1.47 bits per heavy atom. The van der Waals surface area contributed by atoms with Crippen molar-refractivity contribution in [3.63, 3.8) is 0 Å². The van der Waals surface area contributed by atoms with Crippen LogP contribution >= 0.6 is 11.6 Å². The van der Waals surface area contributed by atoms with Crippen LogP contribution in [-0.4, -0.2) is 25.3 Å². The molecule has 4 nitrogen and oxygen atoms in total. The molecule has 0 aromatic carbocycles. The average molecular weight is 307 g/mol. The molecule has 1 aromatic heterocycles. The molecular formula is C12H16ClFN2O2S. The van der Waals surface area contributed by atoms with Crippen LogP contribution in [0.2, 0.25) is 0 Å². The normalized spacial score (nSPS) is 24.3. The molecule has 2 atom stereocenters. The van der Waals surface area contributed by atoms with E-state index in [4.69, 9.17) is 11.6 Å². The lowest BCUT2D eigenvalue weighted by atomic mass is 9.89. The zero-order valence-corrected chi connectivity index (χ0v) is 11.9. The molecule has 1 heterocycles. The van der Waals surface area contributed by atoms with Gasteiger partial charge in [0, 0.05) is 18.1 Å². The zero-order valence-electron chi connectivity index (χ0n) is 10.4. The van der Waals surface area contributed by atoms with Gasteiger partial charge in [-0.25, -0.2) is 22.5 Å². The van der Waals surface area contributed by atoms with E-state index in [-0.39, 0.29) is 17.8 Å². The van der Waals surface area contributed by atoms with Crippen molar-refractivity contribution in [1.82, 2.24) is 9.71 Å². The van der Waals surface area contributed by atoms with E-state index in [9.17, 15) is 12.8 Å². The molecule has 2 rings (SSSR count). The van der Waals surface area contributed by atoms with Gasteiger partial charge in [-0.05, 0) is 37.3 Å². The van der Waals surface area contributed by atoms with Crippen LogP contribution in [0.1, 0.15) is 25.7 Å². The minimum atomic E-state index is -3.89. The smallest absolute Gasteiger partial charge is 0.241 e. The molecule has 0 amide bonds. The lowest BCUT2D eigenvalue weighted by Gasteiger charge is -2.25. The summed E-state index contributed by atoms with van der Waals surface area (Å²) in [5, 5.41) is -0.442. The number of rotatable bonds is 4. The van der Waals surface area contributed by atoms with Crippen molar-refractivity contribution < 1.29 is 12.8 Å². The first kappa shape index (κ1) is 14.7. The average Bonchev–Trinajstić information content (AvgIpc) is 2.37. The molecule has 1 aliphatic rings. The van der Waals surface area contributed by atoms with E-state index in [1.54, 1.807) is 0 Å². The SMILES string of the molecule is O=S(=O)(NCC1CCCC(Cl)C1)c1ncccc1F. The number of nitrogens with one attached hydrogen (secondary N) is 1. The maximum atomic E-state index is 13.4. The molecule has 0 aliphatic heterocycles. The second kappa shape index (κ2) is 6.15. The molecule has 1 fully saturated rings. The molecule has 7 heteroatoms. The summed E-state index contributed by atoms with van der Waals surface area (Å²) in [4.78, 5) is 3.58. The minimum Gasteiger partial charge on any atom is -0.241 e. The Balaban J connectivity index is 2.00. The maximum Gasteiger partial charge on any atom is 0.261 e. The fourth-order valence-corrected chi connectivity index (χ4v) is 3.80. The molecule has 0 radical (unpaired) electrons. The molecule has 0 spiro atoms. The first-order valence-electron chi connectivity index (χ1n) is 6.23. The zero-order chi connectivity index (χ0) is 13.9. The molecule has 2 unspecified atom stereocenters. The van der Waals surface area contributed by atoms with Crippen LogP contribution < -0.4 is 4.72 Å². The van der Waals surface area contributed by atoms with E-state index in [1.165, 1.54) is 12.3 Å². The van der Waals surface area contributed by atoms with Gasteiger partial charge in [0.1, 0.15) is 0 Å². The van der Waals surface area contributed by atoms with Crippen molar-refractivity contribution in [2.24, 2.45) is 5.92 Å². The lowest BCUT2D eigenvalue weighted by Crippen LogP contribution is -2.33. The third kappa shape index (κ3) is 3.87. The topological polar surface area (TPSA) is 59.1 Å². The van der Waals surface area contributed by atoms with E-state index in [0.29, 0.717) is 0 Å². The number of aromatic nitrogens is 1. The van der Waals surface area contributed by atoms with Gasteiger partial charge in [0.2, 0.25) is 5.03 Å². The summed E-state index contributed by atoms with van der Waals surface area (Å²) in [7, 11) is -3.89. The van der Waals surface area contributed by atoms with Crippen LogP contribution in [0.3, 0.4) is 0 Å². The number of nitrogens with zero attached hydrogens (tertiary/aromatic N) is 1. The predicted octanol–water partition coefficient (Wildman–Crippen LogP) is 2.30. The second-order valence-corrected chi connectivity index (χ2v) is 7.07. The number of alkyl halides is 1. The van der Waals surface area contributed by atoms with E-state index in [0.717, 1.165) is 31.7 Å². The van der Waals surface area contributed by atoms with E-state index in [2.05, 4.69) is 9.71 Å². The largest absolute Gasteiger partial charge is 0.261 e. The van der Waals surface area contributed by atoms with Crippen LogP contribution in [0.25, 0.3) is 0 Å². The highest BCUT2D eigenvalue weighted by molar-refractivity contribution is 7.89. The predicted molar refractivity (Wildman–Crippen MR) is 71.0 cm³/mol. The number of hydrogen-bond acceptors (Lipinski definition) is 3. The van der Waals surface area contributed by atoms with E-state index in [1.807, 2.05) is 0 Å². The molecule has 1 aliphatic carbocycles. The Hall–Kier alpha value is -0.720. The van der Waals surface area contributed by atoms with Gasteiger partial charge in [0.15, 0.2) is 5.82 Å². The van der Waals surface area contributed by atoms with Crippen LogP contribution in [0.15, 0.2) is 23.4 Å². The summed E-state index contributed by atoms with van der Waals surface area (Å²) in [5.41, 5.74) is 0. The molecule has 1 aromatic rings. The number of sulfonamides is 1. The third-order valence-electron chi connectivity index (χ3n) is 3.26. The van der Waals surface area contributed by atoms with E-state index >= 15 is 0 Å². The van der Waals surface area contributed by atoms with Crippen molar-refractivity contribution in [3.8, 4) is 0 Å². The van der Waals surface area contributed by atoms with Gasteiger partial charge in [-0.15, -0.1) is 11.6 Å². The van der Waals surface area contributed by atoms with Crippen molar-refractivity contribution in [2.45, 2.75) is 36.1 Å². The van der Waals surface area contributed by atoms with Crippen molar-refractivity contribution in [3.05, 3.63) is 24.1 Å². The fraction of sp³-hybridized carbons (Fsp3) is 0.583. The Morgan fingerprint density at radius 2 is 2.26 bits per heavy atom. The van der Waals surface area contributed by atoms with Gasteiger partial charge in [-0.3, -0.25) is 0 Å². The molecule has 0 bridgehead atoms. The summed E-state index contributed by atoms with van der Waals surface area (Å²) < 4.78 is 39.7. The Morgan fingerprint density at radius 3 is 2.95 bits per heavy atom. The van der Waals surface area contributed by atoms with Crippen LogP contribution in [0.4, 0.5) is 4.39 Å². The van der Waals surface area contributed by atoms with Gasteiger partial charge < -0.3 is 0 Å². The summed E-state index contributed by atoms with van der Waals surface area (Å²) >= 11 is 6.05. The molecule has 19 heavy (non-hydrogen) atoms. The summed E-state index contributed by atoms with van der Waals surface area (Å²) in [5.74, 6) is -0.633. The molecule has 1 saturated carbocycles. The molecule has 0 saturated heterocycles. The van der Waals surface area contributed by atoms with Gasteiger partial charge in [0.05, 0.1) is 0 Å². The Bertz CT molecular complexity index is 538.